The molecule has 2 aromatic heterocycles. The normalized spacial score (nSPS) is 17.8. The van der Waals surface area contributed by atoms with Gasteiger partial charge < -0.3 is 30.0 Å². The highest BCUT2D eigenvalue weighted by Crippen LogP contribution is 2.40. The van der Waals surface area contributed by atoms with E-state index in [0.29, 0.717) is 23.9 Å². The number of nitrogens with two attached hydrogens (primary N) is 1. The van der Waals surface area contributed by atoms with Crippen molar-refractivity contribution in [2.45, 2.75) is 31.7 Å². The SMILES string of the molecule is CN1CCN(S(=O)(=O)c2c(N)ccc(Nc3n[s+]([O-])[nH]c3=N[C@@H](c3cc(Cl)co3)C(C)(C)C)c2O)CC1. The molecule has 1 aliphatic rings. The van der Waals surface area contributed by atoms with Crippen molar-refractivity contribution in [1.29, 1.82) is 0 Å². The maximum absolute atomic E-state index is 13.4. The molecule has 0 bridgehead atoms. The summed E-state index contributed by atoms with van der Waals surface area (Å²) in [5.74, 6) is -0.0168. The van der Waals surface area contributed by atoms with Crippen LogP contribution in [0.5, 0.6) is 5.75 Å². The summed E-state index contributed by atoms with van der Waals surface area (Å²) in [5.41, 5.74) is 5.66. The van der Waals surface area contributed by atoms with Crippen LogP contribution in [0.1, 0.15) is 32.6 Å². The highest BCUT2D eigenvalue weighted by Gasteiger charge is 2.33. The lowest BCUT2D eigenvalue weighted by Gasteiger charge is -2.32. The van der Waals surface area contributed by atoms with Crippen LogP contribution in [0.25, 0.3) is 0 Å². The Morgan fingerprint density at radius 1 is 1.32 bits per heavy atom. The van der Waals surface area contributed by atoms with Crippen LogP contribution in [0.3, 0.4) is 0 Å². The van der Waals surface area contributed by atoms with E-state index in [9.17, 15) is 18.1 Å². The van der Waals surface area contributed by atoms with Gasteiger partial charge in [0.2, 0.25) is 21.3 Å². The molecular formula is C22H30ClN7O5S2. The van der Waals surface area contributed by atoms with Gasteiger partial charge in [-0.2, -0.15) is 4.31 Å². The second-order valence-corrected chi connectivity index (χ2v) is 13.1. The van der Waals surface area contributed by atoms with Crippen LogP contribution in [0.2, 0.25) is 5.02 Å². The summed E-state index contributed by atoms with van der Waals surface area (Å²) >= 11 is 4.20. The van der Waals surface area contributed by atoms with E-state index >= 15 is 0 Å². The Morgan fingerprint density at radius 2 is 2.00 bits per heavy atom. The molecule has 1 aromatic carbocycles. The van der Waals surface area contributed by atoms with Crippen molar-refractivity contribution in [2.24, 2.45) is 10.4 Å². The average molecular weight is 572 g/mol. The number of hydrogen-bond acceptors (Lipinski definition) is 10. The number of likely N-dealkylation sites (N-methyl/N-ethyl adjacent to an activating group) is 1. The molecule has 5 N–H and O–H groups in total. The van der Waals surface area contributed by atoms with E-state index < -0.39 is 43.3 Å². The molecule has 0 saturated carbocycles. The highest BCUT2D eigenvalue weighted by molar-refractivity contribution is 7.89. The van der Waals surface area contributed by atoms with Crippen molar-refractivity contribution >= 4 is 50.0 Å². The molecule has 15 heteroatoms. The van der Waals surface area contributed by atoms with Gasteiger partial charge in [-0.25, -0.2) is 13.4 Å². The lowest BCUT2D eigenvalue weighted by atomic mass is 9.86. The first-order valence-electron chi connectivity index (χ1n) is 11.4. The molecule has 1 fully saturated rings. The standard InChI is InChI=1S/C22H30ClN7O5S2/c1-22(2,3)19(16-11-13(23)12-35-16)26-21-20(27-36(32)28-21)25-15-6-5-14(24)18(17(15)31)37(33,34)30-9-7-29(4)8-10-30/h5-6,11-12,19,31H,7-10,24H2,1-4H3,(H,25,27)(H,26,28)/t19-,36?/m0/s1. The number of rotatable bonds is 6. The van der Waals surface area contributed by atoms with Crippen LogP contribution in [0, 0.1) is 5.41 Å². The van der Waals surface area contributed by atoms with Gasteiger partial charge in [-0.1, -0.05) is 32.4 Å². The zero-order valence-electron chi connectivity index (χ0n) is 20.9. The van der Waals surface area contributed by atoms with E-state index in [1.54, 1.807) is 6.07 Å². The van der Waals surface area contributed by atoms with Gasteiger partial charge in [-0.05, 0) is 24.6 Å². The Balaban J connectivity index is 1.74. The summed E-state index contributed by atoms with van der Waals surface area (Å²) in [6, 6.07) is 3.92. The van der Waals surface area contributed by atoms with Crippen LogP contribution in [-0.4, -0.2) is 69.3 Å². The quantitative estimate of drug-likeness (QED) is 0.197. The summed E-state index contributed by atoms with van der Waals surface area (Å²) in [7, 11) is -2.17. The number of nitrogens with one attached hydrogen (secondary N) is 2. The minimum atomic E-state index is -4.08. The van der Waals surface area contributed by atoms with Crippen molar-refractivity contribution in [3.8, 4) is 5.75 Å². The number of nitrogens with zero attached hydrogens (tertiary/aromatic N) is 4. The van der Waals surface area contributed by atoms with E-state index in [-0.39, 0.29) is 35.8 Å². The largest absolute Gasteiger partial charge is 0.548 e. The summed E-state index contributed by atoms with van der Waals surface area (Å²) in [6.45, 7) is 7.52. The number of halogens is 1. The van der Waals surface area contributed by atoms with Gasteiger partial charge >= 0.3 is 0 Å². The number of benzene rings is 1. The maximum Gasteiger partial charge on any atom is 0.248 e. The molecule has 0 radical (unpaired) electrons. The molecule has 1 unspecified atom stereocenters. The zero-order valence-corrected chi connectivity index (χ0v) is 23.2. The number of H-pyrrole nitrogens is 1. The lowest BCUT2D eigenvalue weighted by Crippen LogP contribution is -2.47. The van der Waals surface area contributed by atoms with Crippen LogP contribution >= 0.6 is 22.7 Å². The van der Waals surface area contributed by atoms with E-state index in [0.717, 1.165) is 0 Å². The van der Waals surface area contributed by atoms with Gasteiger partial charge in [0.15, 0.2) is 16.9 Å². The summed E-state index contributed by atoms with van der Waals surface area (Å²) in [5, 5.41) is 14.3. The number of phenols is 1. The molecule has 0 aliphatic carbocycles. The van der Waals surface area contributed by atoms with Crippen molar-refractivity contribution in [3.05, 3.63) is 40.7 Å². The first kappa shape index (κ1) is 27.4. The van der Waals surface area contributed by atoms with Crippen LogP contribution in [0.15, 0.2) is 38.8 Å². The summed E-state index contributed by atoms with van der Waals surface area (Å²) in [6.07, 6.45) is 1.40. The number of aromatic nitrogens is 2. The summed E-state index contributed by atoms with van der Waals surface area (Å²) < 4.78 is 52.6. The molecule has 2 atom stereocenters. The Hall–Kier alpha value is -2.62. The number of sulfonamides is 1. The minimum Gasteiger partial charge on any atom is -0.548 e. The van der Waals surface area contributed by atoms with Gasteiger partial charge in [0.05, 0.1) is 16.4 Å². The van der Waals surface area contributed by atoms with Crippen molar-refractivity contribution in [1.82, 2.24) is 18.0 Å². The number of hydrogen-bond donors (Lipinski definition) is 4. The maximum atomic E-state index is 13.4. The number of anilines is 3. The van der Waals surface area contributed by atoms with Gasteiger partial charge in [-0.15, -0.1) is 4.37 Å². The highest BCUT2D eigenvalue weighted by atomic mass is 35.5. The van der Waals surface area contributed by atoms with E-state index in [4.69, 9.17) is 21.8 Å². The van der Waals surface area contributed by atoms with Crippen LogP contribution < -0.4 is 16.5 Å². The fraction of sp³-hybridized carbons (Fsp3) is 0.455. The first-order valence-corrected chi connectivity index (χ1v) is 14.4. The number of piperazine rings is 1. The number of furan rings is 1. The van der Waals surface area contributed by atoms with Gasteiger partial charge in [0.1, 0.15) is 23.0 Å². The Morgan fingerprint density at radius 3 is 2.59 bits per heavy atom. The number of nitrogen functional groups attached to an aromatic ring is 1. The Labute approximate surface area is 222 Å². The molecular weight excluding hydrogens is 542 g/mol. The van der Waals surface area contributed by atoms with Crippen LogP contribution in [-0.2, 0) is 10.0 Å². The van der Waals surface area contributed by atoms with E-state index in [2.05, 4.69) is 19.1 Å². The molecule has 1 saturated heterocycles. The Bertz CT molecular complexity index is 1450. The van der Waals surface area contributed by atoms with Crippen molar-refractivity contribution in [2.75, 3.05) is 44.3 Å². The number of phenolic OH excluding ortho intramolecular Hbond substituents is 1. The third-order valence-corrected chi connectivity index (χ3v) is 8.90. The topological polar surface area (TPSA) is 176 Å². The second-order valence-electron chi connectivity index (χ2n) is 9.92. The van der Waals surface area contributed by atoms with E-state index in [1.165, 1.54) is 22.7 Å². The lowest BCUT2D eigenvalue weighted by molar-refractivity contribution is 0.222. The molecule has 0 amide bonds. The van der Waals surface area contributed by atoms with Gasteiger partial charge in [0, 0.05) is 36.6 Å². The van der Waals surface area contributed by atoms with Crippen molar-refractivity contribution in [3.63, 3.8) is 0 Å². The molecule has 37 heavy (non-hydrogen) atoms. The number of aromatic amines is 1. The predicted octanol–water partition coefficient (Wildman–Crippen LogP) is 3.04. The molecule has 3 heterocycles. The average Bonchev–Trinajstić information content (AvgIpc) is 3.38. The molecule has 0 spiro atoms. The number of aromatic hydroxyl groups is 1. The van der Waals surface area contributed by atoms with Crippen LogP contribution in [0.4, 0.5) is 17.2 Å². The summed E-state index contributed by atoms with van der Waals surface area (Å²) in [4.78, 5) is 6.30. The monoisotopic (exact) mass is 571 g/mol. The van der Waals surface area contributed by atoms with E-state index in [1.807, 2.05) is 32.7 Å². The molecule has 12 nitrogen and oxygen atoms in total. The first-order chi connectivity index (χ1) is 17.3. The fourth-order valence-electron chi connectivity index (χ4n) is 3.98. The molecule has 3 aromatic rings. The minimum absolute atomic E-state index is 0.0161. The third kappa shape index (κ3) is 5.78. The molecule has 4 rings (SSSR count). The predicted molar refractivity (Wildman–Crippen MR) is 141 cm³/mol. The molecule has 1 aliphatic heterocycles. The second kappa shape index (κ2) is 10.3. The fourth-order valence-corrected chi connectivity index (χ4v) is 6.41. The van der Waals surface area contributed by atoms with Gasteiger partial charge in [0.25, 0.3) is 0 Å². The Kier molecular flexibility index (Phi) is 7.61. The third-order valence-electron chi connectivity index (χ3n) is 5.99. The molecule has 202 valence electrons. The smallest absolute Gasteiger partial charge is 0.248 e. The van der Waals surface area contributed by atoms with Gasteiger partial charge in [-0.3, -0.25) is 0 Å². The zero-order chi connectivity index (χ0) is 27.1. The van der Waals surface area contributed by atoms with Crippen molar-refractivity contribution < 1.29 is 22.5 Å².